The molecule has 65 heavy (non-hydrogen) atoms. The van der Waals surface area contributed by atoms with Crippen LogP contribution in [-0.4, -0.2) is 101 Å². The van der Waals surface area contributed by atoms with Crippen LogP contribution in [0, 0.1) is 30.6 Å². The second-order valence-corrected chi connectivity index (χ2v) is 17.9. The number of nitriles is 1. The summed E-state index contributed by atoms with van der Waals surface area (Å²) in [7, 11) is 0. The molecule has 0 N–H and O–H groups in total. The van der Waals surface area contributed by atoms with Gasteiger partial charge in [-0.1, -0.05) is 121 Å². The number of amides is 1. The average Bonchev–Trinajstić information content (AvgIpc) is 4.02. The maximum absolute atomic E-state index is 15.0. The minimum absolute atomic E-state index is 0.0674. The number of fused-ring (bicyclic) bond motifs is 2. The van der Waals surface area contributed by atoms with Gasteiger partial charge in [0.1, 0.15) is 18.5 Å². The van der Waals surface area contributed by atoms with Crippen molar-refractivity contribution in [1.29, 1.82) is 5.26 Å². The molecule has 0 saturated carbocycles. The quantitative estimate of drug-likeness (QED) is 0.0652. The number of hydrogen-bond donors (Lipinski definition) is 0. The summed E-state index contributed by atoms with van der Waals surface area (Å²) in [6, 6.07) is 47.0. The molecule has 0 radical (unpaired) electrons. The largest absolute Gasteiger partial charge is 0.462 e. The van der Waals surface area contributed by atoms with Crippen LogP contribution in [0.4, 0.5) is 11.5 Å². The van der Waals surface area contributed by atoms with Crippen molar-refractivity contribution in [3.05, 3.63) is 161 Å². The van der Waals surface area contributed by atoms with Crippen molar-refractivity contribution >= 4 is 28.2 Å². The molecule has 1 amide bonds. The highest BCUT2D eigenvalue weighted by atomic mass is 16.5. The van der Waals surface area contributed by atoms with E-state index in [0.29, 0.717) is 51.8 Å². The van der Waals surface area contributed by atoms with Gasteiger partial charge in [0.25, 0.3) is 0 Å². The number of anilines is 2. The minimum Gasteiger partial charge on any atom is -0.462 e. The smallest absolute Gasteiger partial charge is 0.318 e. The summed E-state index contributed by atoms with van der Waals surface area (Å²) in [5.74, 6) is 3.72. The molecule has 1 aromatic heterocycles. The molecular formula is C55H56N8O2. The van der Waals surface area contributed by atoms with Crippen molar-refractivity contribution in [1.82, 2.24) is 24.7 Å². The van der Waals surface area contributed by atoms with Gasteiger partial charge in [0.05, 0.1) is 36.3 Å². The van der Waals surface area contributed by atoms with Gasteiger partial charge in [-0.05, 0) is 66.4 Å². The summed E-state index contributed by atoms with van der Waals surface area (Å²) in [6.45, 7) is 8.13. The number of carbonyl (C=O) groups is 1. The second kappa shape index (κ2) is 18.4. The maximum Gasteiger partial charge on any atom is 0.318 e. The SMILES string of the molecule is C#CCCN1CCCC1COc1nc2c(c(N3CCN(C(=O)C4C[N@@]4C(c4ccccc4)(c4ccccc4)c4ccccc4)C(CC#N)C3)n1)CCN(c1cccc3cccc(C)c13)C2. The number of aryl methyl sites for hydroxylation is 1. The van der Waals surface area contributed by atoms with Crippen molar-refractivity contribution in [3.63, 3.8) is 0 Å². The maximum atomic E-state index is 15.0. The monoisotopic (exact) mass is 860 g/mol. The topological polar surface area (TPSA) is 91.8 Å². The average molecular weight is 861 g/mol. The lowest BCUT2D eigenvalue weighted by Gasteiger charge is -2.43. The molecule has 5 aromatic carbocycles. The Balaban J connectivity index is 0.948. The molecule has 10 nitrogen and oxygen atoms in total. The van der Waals surface area contributed by atoms with Crippen molar-refractivity contribution in [2.24, 2.45) is 0 Å². The predicted octanol–water partition coefficient (Wildman–Crippen LogP) is 7.97. The lowest BCUT2D eigenvalue weighted by atomic mass is 9.76. The highest BCUT2D eigenvalue weighted by molar-refractivity contribution is 5.97. The number of aromatic nitrogens is 2. The second-order valence-electron chi connectivity index (χ2n) is 17.9. The fourth-order valence-corrected chi connectivity index (χ4v) is 11.0. The summed E-state index contributed by atoms with van der Waals surface area (Å²) in [5.41, 5.74) is 7.18. The summed E-state index contributed by atoms with van der Waals surface area (Å²) in [4.78, 5) is 36.9. The number of terminal acetylenes is 1. The Morgan fingerprint density at radius 2 is 1.49 bits per heavy atom. The third kappa shape index (κ3) is 8.07. The predicted molar refractivity (Wildman–Crippen MR) is 257 cm³/mol. The van der Waals surface area contributed by atoms with Crippen molar-refractivity contribution in [2.45, 2.75) is 69.2 Å². The molecule has 3 unspecified atom stereocenters. The van der Waals surface area contributed by atoms with Crippen LogP contribution >= 0.6 is 0 Å². The highest BCUT2D eigenvalue weighted by Crippen LogP contribution is 2.49. The van der Waals surface area contributed by atoms with Crippen LogP contribution in [0.3, 0.4) is 0 Å². The zero-order chi connectivity index (χ0) is 44.3. The van der Waals surface area contributed by atoms with Crippen LogP contribution in [0.5, 0.6) is 6.01 Å². The number of hydrogen-bond acceptors (Lipinski definition) is 9. The molecule has 10 rings (SSSR count). The number of carbonyl (C=O) groups excluding carboxylic acids is 1. The Labute approximate surface area is 383 Å². The van der Waals surface area contributed by atoms with Gasteiger partial charge in [-0.3, -0.25) is 14.6 Å². The number of ether oxygens (including phenoxy) is 1. The Morgan fingerprint density at radius 1 is 0.800 bits per heavy atom. The molecule has 0 spiro atoms. The van der Waals surface area contributed by atoms with Gasteiger partial charge in [-0.25, -0.2) is 0 Å². The summed E-state index contributed by atoms with van der Waals surface area (Å²) in [6.07, 6.45) is 9.49. The van der Waals surface area contributed by atoms with Crippen LogP contribution in [0.25, 0.3) is 10.8 Å². The van der Waals surface area contributed by atoms with E-state index in [0.717, 1.165) is 72.7 Å². The normalized spacial score (nSPS) is 20.8. The Bertz CT molecular complexity index is 2630. The van der Waals surface area contributed by atoms with Crippen molar-refractivity contribution < 1.29 is 9.53 Å². The van der Waals surface area contributed by atoms with Gasteiger partial charge >= 0.3 is 6.01 Å². The number of likely N-dealkylation sites (tertiary alicyclic amines) is 1. The van der Waals surface area contributed by atoms with Crippen molar-refractivity contribution in [2.75, 3.05) is 62.2 Å². The van der Waals surface area contributed by atoms with Gasteiger partial charge < -0.3 is 19.4 Å². The standard InChI is InChI=1S/C55H56N8O2/c1-3-4-31-59-32-16-26-46(59)39-65-54-57-48-37-60(49-27-15-19-41-18-14-17-40(2)51(41)49)33-29-47(48)52(58-54)61-34-35-62(45(36-61)28-30-56)53(64)50-38-63(50)55(42-20-8-5-9-21-42,43-22-10-6-11-23-43)44-24-12-7-13-25-44/h1,5-15,17-25,27,45-46,50H,4,16,26,28-29,31-39H2,2H3/t45?,46?,50?,63-/m1/s1. The van der Waals surface area contributed by atoms with Gasteiger partial charge in [0.15, 0.2) is 0 Å². The number of piperazine rings is 1. The first kappa shape index (κ1) is 42.2. The molecule has 10 heteroatoms. The fraction of sp³-hybridized carbons (Fsp3) is 0.345. The van der Waals surface area contributed by atoms with Crippen LogP contribution in [0.1, 0.15) is 59.2 Å². The van der Waals surface area contributed by atoms with E-state index in [1.54, 1.807) is 0 Å². The Morgan fingerprint density at radius 3 is 2.17 bits per heavy atom. The minimum atomic E-state index is -0.678. The summed E-state index contributed by atoms with van der Waals surface area (Å²) >= 11 is 0. The van der Waals surface area contributed by atoms with Crippen LogP contribution in [0.15, 0.2) is 127 Å². The molecule has 6 aromatic rings. The van der Waals surface area contributed by atoms with E-state index in [9.17, 15) is 5.26 Å². The third-order valence-corrected chi connectivity index (χ3v) is 14.2. The van der Waals surface area contributed by atoms with E-state index in [1.807, 2.05) is 23.1 Å². The summed E-state index contributed by atoms with van der Waals surface area (Å²) in [5, 5.41) is 12.8. The molecule has 0 bridgehead atoms. The van der Waals surface area contributed by atoms with E-state index in [-0.39, 0.29) is 30.5 Å². The van der Waals surface area contributed by atoms with Crippen LogP contribution < -0.4 is 14.5 Å². The summed E-state index contributed by atoms with van der Waals surface area (Å²) < 4.78 is 6.57. The zero-order valence-corrected chi connectivity index (χ0v) is 37.2. The lowest BCUT2D eigenvalue weighted by Crippen LogP contribution is -2.57. The Hall–Kier alpha value is -6.72. The first-order valence-corrected chi connectivity index (χ1v) is 23.3. The first-order chi connectivity index (χ1) is 32.0. The van der Waals surface area contributed by atoms with E-state index >= 15 is 4.79 Å². The molecule has 3 fully saturated rings. The molecule has 4 aliphatic heterocycles. The number of rotatable bonds is 13. The van der Waals surface area contributed by atoms with E-state index in [4.69, 9.17) is 21.1 Å². The van der Waals surface area contributed by atoms with E-state index < -0.39 is 5.54 Å². The fourth-order valence-electron chi connectivity index (χ4n) is 11.0. The molecule has 5 heterocycles. The lowest BCUT2D eigenvalue weighted by molar-refractivity contribution is -0.134. The van der Waals surface area contributed by atoms with E-state index in [2.05, 4.69) is 148 Å². The van der Waals surface area contributed by atoms with Gasteiger partial charge in [0, 0.05) is 68.4 Å². The Kier molecular flexibility index (Phi) is 12.0. The van der Waals surface area contributed by atoms with Gasteiger partial charge in [-0.2, -0.15) is 15.2 Å². The molecule has 328 valence electrons. The number of benzene rings is 5. The molecular weight excluding hydrogens is 805 g/mol. The highest BCUT2D eigenvalue weighted by Gasteiger charge is 2.57. The van der Waals surface area contributed by atoms with Crippen molar-refractivity contribution in [3.8, 4) is 24.4 Å². The van der Waals surface area contributed by atoms with E-state index in [1.165, 1.54) is 22.0 Å². The third-order valence-electron chi connectivity index (χ3n) is 14.2. The molecule has 4 atom stereocenters. The van der Waals surface area contributed by atoms with Gasteiger partial charge in [-0.15, -0.1) is 12.3 Å². The number of nitrogens with zero attached hydrogens (tertiary/aromatic N) is 8. The molecule has 0 aliphatic carbocycles. The zero-order valence-electron chi connectivity index (χ0n) is 37.2. The first-order valence-electron chi connectivity index (χ1n) is 23.3. The van der Waals surface area contributed by atoms with Crippen LogP contribution in [-0.2, 0) is 23.3 Å². The molecule has 4 aliphatic rings. The van der Waals surface area contributed by atoms with Gasteiger partial charge in [0.2, 0.25) is 5.91 Å². The molecule has 3 saturated heterocycles. The van der Waals surface area contributed by atoms with Crippen LogP contribution in [0.2, 0.25) is 0 Å².